The van der Waals surface area contributed by atoms with E-state index in [1.165, 1.54) is 50.4 Å². The average Bonchev–Trinajstić information content (AvgIpc) is 3.68. The number of allylic oxidation sites excluding steroid dienone is 4. The van der Waals surface area contributed by atoms with Crippen molar-refractivity contribution in [2.45, 2.75) is 79.3 Å². The number of aliphatic imine (C=N–C) groups is 3. The first-order valence-corrected chi connectivity index (χ1v) is 17.2. The first-order chi connectivity index (χ1) is 22.9. The molecule has 2 unspecified atom stereocenters. The SMILES string of the molecule is CCC(C)/C=C(\C=NCc1ccccc1)c1cccc(Cc2c3c(nn2C)CCC2=C3C(C)CCC(=Nc3ccn(CC)n3)N=C2)c1. The summed E-state index contributed by atoms with van der Waals surface area (Å²) in [4.78, 5) is 14.5. The third-order valence-corrected chi connectivity index (χ3v) is 9.43. The van der Waals surface area contributed by atoms with Crippen LogP contribution in [0.25, 0.3) is 11.1 Å². The molecule has 0 saturated heterocycles. The predicted molar refractivity (Wildman–Crippen MR) is 196 cm³/mol. The van der Waals surface area contributed by atoms with E-state index in [4.69, 9.17) is 20.1 Å². The number of fused-ring (bicyclic) bond motifs is 2. The summed E-state index contributed by atoms with van der Waals surface area (Å²) in [5.41, 5.74) is 11.4. The Kier molecular flexibility index (Phi) is 10.2. The Bertz CT molecular complexity index is 1850. The highest BCUT2D eigenvalue weighted by molar-refractivity contribution is 6.10. The summed E-state index contributed by atoms with van der Waals surface area (Å²) in [5.74, 6) is 2.42. The standard InChI is InChI=1S/C40H47N7/c1-6-28(3)22-34(26-41-25-30-12-9-8-10-13-30)32-15-11-14-31(23-32)24-36-40-35(44-46(36)5)18-17-33-27-42-37(19-16-29(4)39(33)40)43-38-20-21-47(7-2)45-38/h8-15,20-23,26-29H,6-7,16-19,24-25H2,1-5H3/b34-22+,41-26?,42-27?,43-37?. The lowest BCUT2D eigenvalue weighted by molar-refractivity contribution is 0.659. The van der Waals surface area contributed by atoms with Crippen molar-refractivity contribution in [2.24, 2.45) is 33.9 Å². The average molecular weight is 626 g/mol. The lowest BCUT2D eigenvalue weighted by Crippen LogP contribution is -2.16. The molecule has 2 aromatic carbocycles. The Balaban J connectivity index is 1.29. The second-order valence-electron chi connectivity index (χ2n) is 12.9. The van der Waals surface area contributed by atoms with Gasteiger partial charge in [0.2, 0.25) is 0 Å². The van der Waals surface area contributed by atoms with E-state index in [0.29, 0.717) is 18.4 Å². The van der Waals surface area contributed by atoms with Crippen molar-refractivity contribution in [3.8, 4) is 0 Å². The van der Waals surface area contributed by atoms with Gasteiger partial charge in [-0.2, -0.15) is 10.2 Å². The molecule has 6 rings (SSSR count). The van der Waals surface area contributed by atoms with Crippen molar-refractivity contribution in [3.63, 3.8) is 0 Å². The molecule has 0 spiro atoms. The highest BCUT2D eigenvalue weighted by Crippen LogP contribution is 2.40. The number of benzene rings is 2. The number of aromatic nitrogens is 4. The molecule has 47 heavy (non-hydrogen) atoms. The van der Waals surface area contributed by atoms with E-state index in [2.05, 4.69) is 112 Å². The molecule has 1 aliphatic carbocycles. The number of rotatable bonds is 10. The fourth-order valence-corrected chi connectivity index (χ4v) is 6.59. The molecule has 2 aliphatic rings. The zero-order valence-electron chi connectivity index (χ0n) is 28.5. The molecular formula is C40H47N7. The number of aryl methyl sites for hydroxylation is 3. The molecule has 7 heteroatoms. The lowest BCUT2D eigenvalue weighted by Gasteiger charge is -2.26. The van der Waals surface area contributed by atoms with E-state index >= 15 is 0 Å². The van der Waals surface area contributed by atoms with Crippen LogP contribution in [0.1, 0.15) is 87.0 Å². The summed E-state index contributed by atoms with van der Waals surface area (Å²) >= 11 is 0. The zero-order valence-corrected chi connectivity index (χ0v) is 28.5. The van der Waals surface area contributed by atoms with Crippen LogP contribution >= 0.6 is 0 Å². The van der Waals surface area contributed by atoms with Gasteiger partial charge in [0.1, 0.15) is 5.84 Å². The van der Waals surface area contributed by atoms with Crippen molar-refractivity contribution in [1.82, 2.24) is 19.6 Å². The predicted octanol–water partition coefficient (Wildman–Crippen LogP) is 8.86. The molecule has 3 heterocycles. The van der Waals surface area contributed by atoms with Gasteiger partial charge in [0.05, 0.1) is 17.9 Å². The highest BCUT2D eigenvalue weighted by Gasteiger charge is 2.30. The van der Waals surface area contributed by atoms with Crippen LogP contribution in [0.2, 0.25) is 0 Å². The van der Waals surface area contributed by atoms with E-state index in [0.717, 1.165) is 56.7 Å². The molecule has 242 valence electrons. The summed E-state index contributed by atoms with van der Waals surface area (Å²) in [6.07, 6.45) is 14.0. The van der Waals surface area contributed by atoms with Gasteiger partial charge < -0.3 is 0 Å². The second-order valence-corrected chi connectivity index (χ2v) is 12.9. The minimum atomic E-state index is 0.370. The van der Waals surface area contributed by atoms with Gasteiger partial charge >= 0.3 is 0 Å². The number of hydrogen-bond acceptors (Lipinski definition) is 4. The van der Waals surface area contributed by atoms with Crippen LogP contribution in [0.5, 0.6) is 0 Å². The van der Waals surface area contributed by atoms with E-state index in [1.54, 1.807) is 0 Å². The molecule has 0 bridgehead atoms. The van der Waals surface area contributed by atoms with Gasteiger partial charge in [0, 0.05) is 56.7 Å². The normalized spacial score (nSPS) is 18.4. The second kappa shape index (κ2) is 14.8. The largest absolute Gasteiger partial charge is 0.288 e. The van der Waals surface area contributed by atoms with Crippen LogP contribution in [0, 0.1) is 11.8 Å². The topological polar surface area (TPSA) is 72.7 Å². The van der Waals surface area contributed by atoms with E-state index in [-0.39, 0.29) is 0 Å². The number of hydrogen-bond donors (Lipinski definition) is 0. The molecule has 2 aromatic heterocycles. The molecule has 0 saturated carbocycles. The minimum absolute atomic E-state index is 0.370. The first-order valence-electron chi connectivity index (χ1n) is 17.2. The van der Waals surface area contributed by atoms with Crippen LogP contribution < -0.4 is 0 Å². The van der Waals surface area contributed by atoms with Crippen molar-refractivity contribution in [1.29, 1.82) is 0 Å². The summed E-state index contributed by atoms with van der Waals surface area (Å²) in [7, 11) is 2.10. The molecular weight excluding hydrogens is 578 g/mol. The first kappa shape index (κ1) is 32.3. The molecule has 0 N–H and O–H groups in total. The minimum Gasteiger partial charge on any atom is -0.288 e. The fraction of sp³-hybridized carbons (Fsp3) is 0.375. The van der Waals surface area contributed by atoms with Gasteiger partial charge in [-0.15, -0.1) is 0 Å². The molecule has 4 aromatic rings. The van der Waals surface area contributed by atoms with Crippen LogP contribution in [-0.4, -0.2) is 37.8 Å². The highest BCUT2D eigenvalue weighted by atomic mass is 15.3. The third kappa shape index (κ3) is 7.67. The van der Waals surface area contributed by atoms with Gasteiger partial charge in [-0.25, -0.2) is 9.98 Å². The van der Waals surface area contributed by atoms with E-state index in [9.17, 15) is 0 Å². The maximum Gasteiger partial charge on any atom is 0.175 e. The maximum atomic E-state index is 5.06. The third-order valence-electron chi connectivity index (χ3n) is 9.43. The number of amidine groups is 1. The quantitative estimate of drug-likeness (QED) is 0.165. The lowest BCUT2D eigenvalue weighted by atomic mass is 9.79. The van der Waals surface area contributed by atoms with E-state index < -0.39 is 0 Å². The van der Waals surface area contributed by atoms with Gasteiger partial charge in [-0.3, -0.25) is 14.4 Å². The number of nitrogens with zero attached hydrogens (tertiary/aromatic N) is 7. The summed E-state index contributed by atoms with van der Waals surface area (Å²) in [6.45, 7) is 10.5. The molecule has 0 fully saturated rings. The van der Waals surface area contributed by atoms with E-state index in [1.807, 2.05) is 23.0 Å². The Morgan fingerprint density at radius 2 is 1.83 bits per heavy atom. The molecule has 0 amide bonds. The van der Waals surface area contributed by atoms with Gasteiger partial charge in [-0.05, 0) is 71.4 Å². The van der Waals surface area contributed by atoms with Crippen molar-refractivity contribution in [3.05, 3.63) is 112 Å². The van der Waals surface area contributed by atoms with Crippen LogP contribution in [0.15, 0.2) is 93.5 Å². The zero-order chi connectivity index (χ0) is 32.8. The van der Waals surface area contributed by atoms with Crippen molar-refractivity contribution in [2.75, 3.05) is 0 Å². The Hall–Kier alpha value is -4.65. The summed E-state index contributed by atoms with van der Waals surface area (Å²) in [6, 6.07) is 21.4. The monoisotopic (exact) mass is 625 g/mol. The van der Waals surface area contributed by atoms with Crippen LogP contribution in [-0.2, 0) is 33.0 Å². The Morgan fingerprint density at radius 3 is 2.62 bits per heavy atom. The van der Waals surface area contributed by atoms with Crippen LogP contribution in [0.3, 0.4) is 0 Å². The summed E-state index contributed by atoms with van der Waals surface area (Å²) in [5, 5.41) is 9.60. The molecule has 0 radical (unpaired) electrons. The molecule has 2 atom stereocenters. The molecule has 1 aliphatic heterocycles. The van der Waals surface area contributed by atoms with Crippen LogP contribution in [0.4, 0.5) is 5.82 Å². The van der Waals surface area contributed by atoms with Crippen molar-refractivity contribution < 1.29 is 0 Å². The maximum absolute atomic E-state index is 5.06. The van der Waals surface area contributed by atoms with Gasteiger partial charge in [0.15, 0.2) is 5.82 Å². The Morgan fingerprint density at radius 1 is 1.00 bits per heavy atom. The fourth-order valence-electron chi connectivity index (χ4n) is 6.59. The smallest absolute Gasteiger partial charge is 0.175 e. The summed E-state index contributed by atoms with van der Waals surface area (Å²) < 4.78 is 4.02. The van der Waals surface area contributed by atoms with Gasteiger partial charge in [0.25, 0.3) is 0 Å². The van der Waals surface area contributed by atoms with Gasteiger partial charge in [-0.1, -0.05) is 87.9 Å². The Labute approximate surface area is 279 Å². The molecule has 7 nitrogen and oxygen atoms in total. The van der Waals surface area contributed by atoms with Crippen molar-refractivity contribution >= 4 is 35.2 Å².